The van der Waals surface area contributed by atoms with Gasteiger partial charge in [-0.1, -0.05) is 6.42 Å². The summed E-state index contributed by atoms with van der Waals surface area (Å²) in [7, 11) is 0. The van der Waals surface area contributed by atoms with Gasteiger partial charge < -0.3 is 10.4 Å². The molecule has 0 saturated heterocycles. The Morgan fingerprint density at radius 3 is 2.53 bits per heavy atom. The second-order valence-corrected chi connectivity index (χ2v) is 4.88. The molecule has 0 spiro atoms. The molecule has 5 heteroatoms. The molecule has 1 aliphatic carbocycles. The van der Waals surface area contributed by atoms with E-state index < -0.39 is 5.97 Å². The Hall–Kier alpha value is -1.91. The molecule has 0 aliphatic heterocycles. The molecule has 1 fully saturated rings. The van der Waals surface area contributed by atoms with E-state index in [0.717, 1.165) is 12.8 Å². The van der Waals surface area contributed by atoms with Crippen molar-refractivity contribution in [1.82, 2.24) is 5.32 Å². The van der Waals surface area contributed by atoms with E-state index in [9.17, 15) is 14.0 Å². The fourth-order valence-corrected chi connectivity index (χ4v) is 2.42. The number of rotatable bonds is 3. The lowest BCUT2D eigenvalue weighted by Gasteiger charge is -2.27. The molecule has 0 radical (unpaired) electrons. The maximum Gasteiger partial charge on any atom is 0.306 e. The molecule has 4 nitrogen and oxygen atoms in total. The van der Waals surface area contributed by atoms with Crippen LogP contribution in [0.25, 0.3) is 0 Å². The summed E-state index contributed by atoms with van der Waals surface area (Å²) in [5, 5.41) is 11.8. The highest BCUT2D eigenvalue weighted by molar-refractivity contribution is 5.94. The number of carboxylic acid groups (broad SMARTS) is 1. The Labute approximate surface area is 110 Å². The van der Waals surface area contributed by atoms with Crippen LogP contribution in [0.1, 0.15) is 36.0 Å². The summed E-state index contributed by atoms with van der Waals surface area (Å²) in [5.74, 6) is -1.86. The molecule has 19 heavy (non-hydrogen) atoms. The third-order valence-electron chi connectivity index (χ3n) is 3.47. The number of aliphatic carboxylic acids is 1. The van der Waals surface area contributed by atoms with Crippen LogP contribution in [0.3, 0.4) is 0 Å². The second kappa shape index (κ2) is 5.82. The average molecular weight is 265 g/mol. The van der Waals surface area contributed by atoms with E-state index in [4.69, 9.17) is 5.11 Å². The summed E-state index contributed by atoms with van der Waals surface area (Å²) in [6.07, 6.45) is 2.71. The fraction of sp³-hybridized carbons (Fsp3) is 0.429. The first-order valence-corrected chi connectivity index (χ1v) is 6.35. The van der Waals surface area contributed by atoms with Crippen molar-refractivity contribution in [3.8, 4) is 0 Å². The highest BCUT2D eigenvalue weighted by Crippen LogP contribution is 2.24. The number of carboxylic acids is 1. The van der Waals surface area contributed by atoms with Crippen molar-refractivity contribution in [2.75, 3.05) is 0 Å². The number of benzene rings is 1. The largest absolute Gasteiger partial charge is 0.481 e. The molecule has 102 valence electrons. The molecule has 2 rings (SSSR count). The zero-order chi connectivity index (χ0) is 13.8. The first-order valence-electron chi connectivity index (χ1n) is 6.35. The Balaban J connectivity index is 1.95. The lowest BCUT2D eigenvalue weighted by molar-refractivity contribution is -0.143. The molecule has 1 amide bonds. The van der Waals surface area contributed by atoms with E-state index in [1.165, 1.54) is 24.3 Å². The van der Waals surface area contributed by atoms with E-state index in [0.29, 0.717) is 18.4 Å². The molecule has 1 saturated carbocycles. The maximum absolute atomic E-state index is 12.8. The van der Waals surface area contributed by atoms with Gasteiger partial charge in [0.25, 0.3) is 5.91 Å². The Morgan fingerprint density at radius 1 is 1.21 bits per heavy atom. The van der Waals surface area contributed by atoms with Crippen LogP contribution >= 0.6 is 0 Å². The van der Waals surface area contributed by atoms with Gasteiger partial charge in [-0.2, -0.15) is 0 Å². The number of hydrogen-bond donors (Lipinski definition) is 2. The van der Waals surface area contributed by atoms with Gasteiger partial charge in [-0.05, 0) is 43.5 Å². The van der Waals surface area contributed by atoms with Crippen molar-refractivity contribution in [2.24, 2.45) is 5.92 Å². The second-order valence-electron chi connectivity index (χ2n) is 4.88. The highest BCUT2D eigenvalue weighted by Gasteiger charge is 2.27. The van der Waals surface area contributed by atoms with E-state index in [1.54, 1.807) is 0 Å². The predicted molar refractivity (Wildman–Crippen MR) is 67.2 cm³/mol. The minimum Gasteiger partial charge on any atom is -0.481 e. The van der Waals surface area contributed by atoms with Crippen molar-refractivity contribution < 1.29 is 19.1 Å². The van der Waals surface area contributed by atoms with Gasteiger partial charge in [0.05, 0.1) is 5.92 Å². The van der Waals surface area contributed by atoms with E-state index in [2.05, 4.69) is 5.32 Å². The lowest BCUT2D eigenvalue weighted by atomic mass is 9.85. The molecule has 2 atom stereocenters. The summed E-state index contributed by atoms with van der Waals surface area (Å²) in [6, 6.07) is 5.18. The van der Waals surface area contributed by atoms with Crippen molar-refractivity contribution in [2.45, 2.75) is 31.7 Å². The van der Waals surface area contributed by atoms with E-state index in [-0.39, 0.29) is 23.7 Å². The normalized spacial score (nSPS) is 22.8. The lowest BCUT2D eigenvalue weighted by Crippen LogP contribution is -2.39. The summed E-state index contributed by atoms with van der Waals surface area (Å²) in [4.78, 5) is 22.9. The minimum atomic E-state index is -0.805. The van der Waals surface area contributed by atoms with Crippen LogP contribution in [0.15, 0.2) is 24.3 Å². The smallest absolute Gasteiger partial charge is 0.306 e. The number of carbonyl (C=O) groups is 2. The van der Waals surface area contributed by atoms with Gasteiger partial charge in [0.1, 0.15) is 5.82 Å². The maximum atomic E-state index is 12.8. The van der Waals surface area contributed by atoms with Gasteiger partial charge in [-0.25, -0.2) is 4.39 Å². The molecule has 2 N–H and O–H groups in total. The SMILES string of the molecule is O=C(NC1CCCC(C(=O)O)C1)c1ccc(F)cc1. The zero-order valence-electron chi connectivity index (χ0n) is 10.4. The van der Waals surface area contributed by atoms with Crippen LogP contribution in [-0.2, 0) is 4.79 Å². The van der Waals surface area contributed by atoms with Gasteiger partial charge in [0, 0.05) is 11.6 Å². The molecule has 1 aromatic carbocycles. The van der Waals surface area contributed by atoms with Crippen molar-refractivity contribution in [3.63, 3.8) is 0 Å². The number of halogens is 1. The van der Waals surface area contributed by atoms with Crippen LogP contribution in [0.2, 0.25) is 0 Å². The van der Waals surface area contributed by atoms with Crippen molar-refractivity contribution >= 4 is 11.9 Å². The monoisotopic (exact) mass is 265 g/mol. The summed E-state index contributed by atoms with van der Waals surface area (Å²) in [5.41, 5.74) is 0.388. The van der Waals surface area contributed by atoms with E-state index in [1.807, 2.05) is 0 Å². The van der Waals surface area contributed by atoms with Crippen LogP contribution in [0, 0.1) is 11.7 Å². The first-order chi connectivity index (χ1) is 9.06. The average Bonchev–Trinajstić information content (AvgIpc) is 2.39. The van der Waals surface area contributed by atoms with Gasteiger partial charge in [0.2, 0.25) is 0 Å². The molecule has 0 heterocycles. The zero-order valence-corrected chi connectivity index (χ0v) is 10.4. The minimum absolute atomic E-state index is 0.118. The standard InChI is InChI=1S/C14H16FNO3/c15-11-6-4-9(5-7-11)13(17)16-12-3-1-2-10(8-12)14(18)19/h4-7,10,12H,1-3,8H2,(H,16,17)(H,18,19). The fourth-order valence-electron chi connectivity index (χ4n) is 2.42. The van der Waals surface area contributed by atoms with Crippen molar-refractivity contribution in [3.05, 3.63) is 35.6 Å². The number of nitrogens with one attached hydrogen (secondary N) is 1. The third-order valence-corrected chi connectivity index (χ3v) is 3.47. The molecule has 1 aliphatic rings. The van der Waals surface area contributed by atoms with Crippen LogP contribution in [-0.4, -0.2) is 23.0 Å². The van der Waals surface area contributed by atoms with Gasteiger partial charge in [-0.3, -0.25) is 9.59 Å². The molecule has 2 unspecified atom stereocenters. The Bertz CT molecular complexity index is 472. The highest BCUT2D eigenvalue weighted by atomic mass is 19.1. The van der Waals surface area contributed by atoms with E-state index >= 15 is 0 Å². The summed E-state index contributed by atoms with van der Waals surface area (Å²) >= 11 is 0. The van der Waals surface area contributed by atoms with Gasteiger partial charge >= 0.3 is 5.97 Å². The molecular weight excluding hydrogens is 249 g/mol. The summed E-state index contributed by atoms with van der Waals surface area (Å²) in [6.45, 7) is 0. The molecular formula is C14H16FNO3. The van der Waals surface area contributed by atoms with Crippen LogP contribution < -0.4 is 5.32 Å². The Morgan fingerprint density at radius 2 is 1.89 bits per heavy atom. The summed E-state index contributed by atoms with van der Waals surface area (Å²) < 4.78 is 12.8. The molecule has 0 aromatic heterocycles. The van der Waals surface area contributed by atoms with Crippen molar-refractivity contribution in [1.29, 1.82) is 0 Å². The number of amides is 1. The molecule has 1 aromatic rings. The third kappa shape index (κ3) is 3.53. The Kier molecular flexibility index (Phi) is 4.14. The van der Waals surface area contributed by atoms with Crippen LogP contribution in [0.5, 0.6) is 0 Å². The topological polar surface area (TPSA) is 66.4 Å². The quantitative estimate of drug-likeness (QED) is 0.880. The van der Waals surface area contributed by atoms with Crippen LogP contribution in [0.4, 0.5) is 4.39 Å². The first kappa shape index (κ1) is 13.5. The predicted octanol–water partition coefficient (Wildman–Crippen LogP) is 2.20. The van der Waals surface area contributed by atoms with Gasteiger partial charge in [0.15, 0.2) is 0 Å². The molecule has 0 bridgehead atoms. The van der Waals surface area contributed by atoms with Gasteiger partial charge in [-0.15, -0.1) is 0 Å². The number of hydrogen-bond acceptors (Lipinski definition) is 2. The number of carbonyl (C=O) groups excluding carboxylic acids is 1.